The molecule has 0 aliphatic carbocycles. The summed E-state index contributed by atoms with van der Waals surface area (Å²) < 4.78 is 7.63. The summed E-state index contributed by atoms with van der Waals surface area (Å²) in [5.41, 5.74) is 3.10. The van der Waals surface area contributed by atoms with Crippen molar-refractivity contribution < 1.29 is 9.53 Å². The number of carbonyl (C=O) groups excluding carboxylic acids is 1. The van der Waals surface area contributed by atoms with Crippen molar-refractivity contribution in [3.05, 3.63) is 72.2 Å². The fourth-order valence-electron chi connectivity index (χ4n) is 5.13. The predicted octanol–water partition coefficient (Wildman–Crippen LogP) is 3.95. The Labute approximate surface area is 200 Å². The summed E-state index contributed by atoms with van der Waals surface area (Å²) in [6, 6.07) is 8.59. The number of carbonyl (C=O) groups is 1. The molecule has 4 heterocycles. The Morgan fingerprint density at radius 3 is 2.65 bits per heavy atom. The van der Waals surface area contributed by atoms with E-state index in [0.717, 1.165) is 44.0 Å². The van der Waals surface area contributed by atoms with E-state index in [1.165, 1.54) is 11.1 Å². The van der Waals surface area contributed by atoms with Gasteiger partial charge in [-0.05, 0) is 57.8 Å². The summed E-state index contributed by atoms with van der Waals surface area (Å²) in [6.45, 7) is 9.77. The fourth-order valence-corrected chi connectivity index (χ4v) is 5.13. The van der Waals surface area contributed by atoms with Crippen molar-refractivity contribution in [2.45, 2.75) is 57.7 Å². The summed E-state index contributed by atoms with van der Waals surface area (Å²) in [7, 11) is 0. The van der Waals surface area contributed by atoms with Gasteiger partial charge in [0.2, 0.25) is 0 Å². The molecule has 34 heavy (non-hydrogen) atoms. The highest BCUT2D eigenvalue weighted by Crippen LogP contribution is 2.42. The molecule has 0 saturated carbocycles. The molecule has 1 saturated heterocycles. The first kappa shape index (κ1) is 22.5. The maximum absolute atomic E-state index is 12.9. The minimum Gasteiger partial charge on any atom is -0.444 e. The van der Waals surface area contributed by atoms with E-state index in [1.54, 1.807) is 24.9 Å². The van der Waals surface area contributed by atoms with Crippen molar-refractivity contribution in [1.29, 1.82) is 0 Å². The molecule has 1 aromatic carbocycles. The number of amides is 1. The molecule has 0 N–H and O–H groups in total. The van der Waals surface area contributed by atoms with Gasteiger partial charge in [0.05, 0.1) is 11.9 Å². The van der Waals surface area contributed by atoms with Crippen LogP contribution in [0.15, 0.2) is 55.4 Å². The van der Waals surface area contributed by atoms with Gasteiger partial charge in [0.25, 0.3) is 0 Å². The van der Waals surface area contributed by atoms with Crippen LogP contribution < -0.4 is 0 Å². The third-order valence-electron chi connectivity index (χ3n) is 6.74. The van der Waals surface area contributed by atoms with Crippen LogP contribution in [-0.2, 0) is 23.2 Å². The van der Waals surface area contributed by atoms with Crippen molar-refractivity contribution in [1.82, 2.24) is 29.3 Å². The molecule has 1 fully saturated rings. The zero-order valence-electron chi connectivity index (χ0n) is 20.1. The average Bonchev–Trinajstić information content (AvgIpc) is 3.29. The van der Waals surface area contributed by atoms with Crippen molar-refractivity contribution in [3.8, 4) is 5.82 Å². The minimum atomic E-state index is -0.501. The van der Waals surface area contributed by atoms with Gasteiger partial charge in [0, 0.05) is 43.6 Å². The van der Waals surface area contributed by atoms with Gasteiger partial charge in [0.1, 0.15) is 11.9 Å². The Bertz CT molecular complexity index is 1150. The van der Waals surface area contributed by atoms with Gasteiger partial charge in [0.15, 0.2) is 5.82 Å². The van der Waals surface area contributed by atoms with Crippen LogP contribution in [0.25, 0.3) is 5.82 Å². The van der Waals surface area contributed by atoms with Crippen LogP contribution in [0.3, 0.4) is 0 Å². The maximum atomic E-state index is 12.9. The molecule has 1 spiro atoms. The van der Waals surface area contributed by atoms with E-state index in [2.05, 4.69) is 44.1 Å². The summed E-state index contributed by atoms with van der Waals surface area (Å²) in [6.07, 6.45) is 10.7. The molecule has 0 unspecified atom stereocenters. The molecule has 0 atom stereocenters. The second-order valence-electron chi connectivity index (χ2n) is 10.4. The van der Waals surface area contributed by atoms with E-state index >= 15 is 0 Å². The SMILES string of the molecule is CC(C)(C)OC(=O)N1Cc2ccccc2C2(CCN(Cc3cn(-c4cnccn4)cn3)CC2)C1. The lowest BCUT2D eigenvalue weighted by atomic mass is 9.69. The number of hydrogen-bond acceptors (Lipinski definition) is 6. The lowest BCUT2D eigenvalue weighted by Crippen LogP contribution is -2.53. The lowest BCUT2D eigenvalue weighted by Gasteiger charge is -2.48. The highest BCUT2D eigenvalue weighted by atomic mass is 16.6. The molecule has 8 heteroatoms. The minimum absolute atomic E-state index is 0.0404. The fraction of sp³-hybridized carbons (Fsp3) is 0.462. The summed E-state index contributed by atoms with van der Waals surface area (Å²) in [4.78, 5) is 30.3. The molecule has 3 aromatic rings. The first-order valence-corrected chi connectivity index (χ1v) is 11.9. The van der Waals surface area contributed by atoms with Gasteiger partial charge in [-0.1, -0.05) is 24.3 Å². The smallest absolute Gasteiger partial charge is 0.410 e. The Kier molecular flexibility index (Phi) is 5.85. The number of aromatic nitrogens is 4. The third kappa shape index (κ3) is 4.68. The van der Waals surface area contributed by atoms with Crippen LogP contribution in [0.2, 0.25) is 0 Å². The predicted molar refractivity (Wildman–Crippen MR) is 128 cm³/mol. The molecule has 8 nitrogen and oxygen atoms in total. The molecule has 1 amide bonds. The number of fused-ring (bicyclic) bond motifs is 2. The van der Waals surface area contributed by atoms with Gasteiger partial charge >= 0.3 is 6.09 Å². The van der Waals surface area contributed by atoms with Crippen LogP contribution in [0.4, 0.5) is 4.79 Å². The second-order valence-corrected chi connectivity index (χ2v) is 10.4. The second kappa shape index (κ2) is 8.83. The zero-order chi connectivity index (χ0) is 23.8. The van der Waals surface area contributed by atoms with E-state index in [0.29, 0.717) is 13.1 Å². The van der Waals surface area contributed by atoms with Crippen molar-refractivity contribution in [2.24, 2.45) is 0 Å². The third-order valence-corrected chi connectivity index (χ3v) is 6.74. The number of imidazole rings is 1. The van der Waals surface area contributed by atoms with E-state index in [-0.39, 0.29) is 11.5 Å². The number of hydrogen-bond donors (Lipinski definition) is 0. The van der Waals surface area contributed by atoms with Gasteiger partial charge in [-0.25, -0.2) is 14.8 Å². The van der Waals surface area contributed by atoms with Crippen LogP contribution in [0.1, 0.15) is 50.4 Å². The van der Waals surface area contributed by atoms with Crippen LogP contribution in [-0.4, -0.2) is 60.6 Å². The zero-order valence-corrected chi connectivity index (χ0v) is 20.1. The molecule has 178 valence electrons. The molecule has 2 aliphatic heterocycles. The van der Waals surface area contributed by atoms with Crippen molar-refractivity contribution in [3.63, 3.8) is 0 Å². The van der Waals surface area contributed by atoms with Gasteiger partial charge in [-0.15, -0.1) is 0 Å². The number of likely N-dealkylation sites (tertiary alicyclic amines) is 1. The molecule has 2 aliphatic rings. The summed E-state index contributed by atoms with van der Waals surface area (Å²) >= 11 is 0. The Morgan fingerprint density at radius 2 is 1.91 bits per heavy atom. The topological polar surface area (TPSA) is 76.4 Å². The summed E-state index contributed by atoms with van der Waals surface area (Å²) in [5, 5.41) is 0. The van der Waals surface area contributed by atoms with Gasteiger partial charge < -0.3 is 9.64 Å². The quantitative estimate of drug-likeness (QED) is 0.589. The molecular weight excluding hydrogens is 428 g/mol. The lowest BCUT2D eigenvalue weighted by molar-refractivity contribution is 0.0102. The first-order chi connectivity index (χ1) is 16.3. The van der Waals surface area contributed by atoms with Crippen molar-refractivity contribution >= 4 is 6.09 Å². The van der Waals surface area contributed by atoms with Gasteiger partial charge in [-0.2, -0.15) is 0 Å². The van der Waals surface area contributed by atoms with E-state index in [4.69, 9.17) is 4.74 Å². The summed E-state index contributed by atoms with van der Waals surface area (Å²) in [5.74, 6) is 0.764. The molecule has 0 radical (unpaired) electrons. The molecule has 5 rings (SSSR count). The maximum Gasteiger partial charge on any atom is 0.410 e. The number of ether oxygens (including phenoxy) is 1. The number of nitrogens with zero attached hydrogens (tertiary/aromatic N) is 6. The highest BCUT2D eigenvalue weighted by molar-refractivity contribution is 5.69. The molecule has 2 aromatic heterocycles. The largest absolute Gasteiger partial charge is 0.444 e. The normalized spacial score (nSPS) is 18.0. The molecular formula is C26H32N6O2. The molecule has 0 bridgehead atoms. The highest BCUT2D eigenvalue weighted by Gasteiger charge is 2.43. The van der Waals surface area contributed by atoms with Crippen molar-refractivity contribution in [2.75, 3.05) is 19.6 Å². The Balaban J connectivity index is 1.29. The van der Waals surface area contributed by atoms with E-state index < -0.39 is 5.60 Å². The van der Waals surface area contributed by atoms with E-state index in [1.807, 2.05) is 36.4 Å². The van der Waals surface area contributed by atoms with Crippen LogP contribution in [0.5, 0.6) is 0 Å². The average molecular weight is 461 g/mol. The Hall–Kier alpha value is -3.26. The van der Waals surface area contributed by atoms with Gasteiger partial charge in [-0.3, -0.25) is 14.5 Å². The number of benzene rings is 1. The number of piperidine rings is 1. The monoisotopic (exact) mass is 460 g/mol. The van der Waals surface area contributed by atoms with Crippen LogP contribution in [0, 0.1) is 0 Å². The number of rotatable bonds is 3. The Morgan fingerprint density at radius 1 is 1.12 bits per heavy atom. The van der Waals surface area contributed by atoms with Crippen LogP contribution >= 0.6 is 0 Å². The first-order valence-electron chi connectivity index (χ1n) is 11.9. The standard InChI is InChI=1S/C26H32N6O2/c1-25(2,3)34-24(33)31-15-20-6-4-5-7-22(20)26(18-31)8-12-30(13-9-26)16-21-17-32(19-29-21)23-14-27-10-11-28-23/h4-7,10-11,14,17,19H,8-9,12-13,15-16,18H2,1-3H3. The van der Waals surface area contributed by atoms with E-state index in [9.17, 15) is 4.79 Å².